The number of ether oxygens (including phenoxy) is 1. The molecule has 50 heavy (non-hydrogen) atoms. The van der Waals surface area contributed by atoms with Crippen molar-refractivity contribution in [2.24, 2.45) is 5.16 Å². The number of halogens is 1. The van der Waals surface area contributed by atoms with E-state index in [2.05, 4.69) is 20.8 Å². The van der Waals surface area contributed by atoms with Crippen LogP contribution in [0.15, 0.2) is 44.9 Å². The highest BCUT2D eigenvalue weighted by Gasteiger charge is 2.54. The number of amides is 2. The lowest BCUT2D eigenvalue weighted by Crippen LogP contribution is -2.70. The first-order chi connectivity index (χ1) is 24.1. The van der Waals surface area contributed by atoms with Crippen LogP contribution in [0, 0.1) is 5.82 Å². The molecule has 1 aliphatic carbocycles. The summed E-state index contributed by atoms with van der Waals surface area (Å²) in [6.07, 6.45) is 3.93. The number of anilines is 2. The number of rotatable bonds is 11. The minimum atomic E-state index is -1.42. The molecule has 2 aromatic heterocycles. The van der Waals surface area contributed by atoms with Crippen molar-refractivity contribution in [2.45, 2.75) is 36.9 Å². The molecule has 2 saturated heterocycles. The van der Waals surface area contributed by atoms with Gasteiger partial charge in [0.15, 0.2) is 11.7 Å². The van der Waals surface area contributed by atoms with Crippen LogP contribution >= 0.6 is 23.1 Å². The molecule has 1 saturated carbocycles. The Morgan fingerprint density at radius 3 is 2.68 bits per heavy atom. The van der Waals surface area contributed by atoms with Crippen LogP contribution in [0.3, 0.4) is 0 Å². The molecule has 1 aromatic carbocycles. The van der Waals surface area contributed by atoms with E-state index in [1.54, 1.807) is 11.4 Å². The number of nitrogens with one attached hydrogen (secondary N) is 2. The lowest BCUT2D eigenvalue weighted by Gasteiger charge is -2.49. The third-order valence-corrected chi connectivity index (χ3v) is 10.7. The van der Waals surface area contributed by atoms with Crippen LogP contribution < -0.4 is 26.7 Å². The number of β-lactam (4-membered cyclic amide) rings is 1. The Morgan fingerprint density at radius 2 is 1.98 bits per heavy atom. The van der Waals surface area contributed by atoms with E-state index in [0.717, 1.165) is 30.0 Å². The lowest BCUT2D eigenvalue weighted by molar-refractivity contribution is -0.150. The van der Waals surface area contributed by atoms with Crippen LogP contribution in [-0.4, -0.2) is 99.5 Å². The number of aliphatic carboxylic acids is 1. The molecule has 3 aromatic rings. The predicted octanol–water partition coefficient (Wildman–Crippen LogP) is 1.02. The zero-order valence-corrected chi connectivity index (χ0v) is 27.9. The van der Waals surface area contributed by atoms with Crippen molar-refractivity contribution in [1.29, 1.82) is 0 Å². The number of carboxylic acid groups (broad SMARTS) is 1. The van der Waals surface area contributed by atoms with E-state index >= 15 is 4.39 Å². The second kappa shape index (κ2) is 13.7. The fourth-order valence-corrected chi connectivity index (χ4v) is 7.97. The second-order valence-corrected chi connectivity index (χ2v) is 14.0. The van der Waals surface area contributed by atoms with Gasteiger partial charge in [-0.1, -0.05) is 5.16 Å². The van der Waals surface area contributed by atoms with Crippen LogP contribution in [-0.2, 0) is 30.6 Å². The number of pyridine rings is 1. The number of nitrogens with zero attached hydrogens (tertiary/aromatic N) is 5. The van der Waals surface area contributed by atoms with Gasteiger partial charge in [0, 0.05) is 60.5 Å². The Morgan fingerprint density at radius 1 is 1.20 bits per heavy atom. The van der Waals surface area contributed by atoms with Gasteiger partial charge in [0.25, 0.3) is 11.8 Å². The Balaban J connectivity index is 1.04. The molecule has 7 rings (SSSR count). The molecular formula is C31H31FN8O8S2. The third kappa shape index (κ3) is 6.50. The van der Waals surface area contributed by atoms with E-state index in [4.69, 9.17) is 15.3 Å². The first-order valence-electron chi connectivity index (χ1n) is 15.7. The molecule has 2 atom stereocenters. The number of carbonyl (C=O) groups excluding carboxylic acids is 3. The zero-order chi connectivity index (χ0) is 35.1. The SMILES string of the molecule is Nc1nc(CON=CC(=O)N[C@@H]2C(=O)N3C(C(=O)O)=C(COC(=O)c4cn(C5CC5)c5cc(N6CCNCC6)c(F)cc5c4=O)CS[C@H]23)cs1. The summed E-state index contributed by atoms with van der Waals surface area (Å²) in [5.41, 5.74) is 5.77. The number of carboxylic acids is 1. The largest absolute Gasteiger partial charge is 0.477 e. The first kappa shape index (κ1) is 33.5. The maximum absolute atomic E-state index is 15.3. The molecule has 2 amide bonds. The summed E-state index contributed by atoms with van der Waals surface area (Å²) in [4.78, 5) is 76.5. The van der Waals surface area contributed by atoms with Gasteiger partial charge in [0.2, 0.25) is 5.43 Å². The zero-order valence-electron chi connectivity index (χ0n) is 26.3. The van der Waals surface area contributed by atoms with Gasteiger partial charge in [-0.25, -0.2) is 19.0 Å². The Bertz CT molecular complexity index is 2020. The summed E-state index contributed by atoms with van der Waals surface area (Å²) < 4.78 is 22.6. The van der Waals surface area contributed by atoms with Gasteiger partial charge in [0.05, 0.1) is 16.9 Å². The van der Waals surface area contributed by atoms with Crippen molar-refractivity contribution in [3.05, 3.63) is 62.3 Å². The van der Waals surface area contributed by atoms with Crippen molar-refractivity contribution >= 4 is 74.8 Å². The number of hydrogen-bond acceptors (Lipinski definition) is 14. The molecule has 5 heterocycles. The van der Waals surface area contributed by atoms with Crippen molar-refractivity contribution in [3.63, 3.8) is 0 Å². The van der Waals surface area contributed by atoms with Crippen LogP contribution in [0.1, 0.15) is 34.9 Å². The van der Waals surface area contributed by atoms with Gasteiger partial charge in [-0.15, -0.1) is 23.1 Å². The number of carbonyl (C=O) groups is 4. The number of nitrogen functional groups attached to an aromatic ring is 1. The van der Waals surface area contributed by atoms with Crippen LogP contribution in [0.5, 0.6) is 0 Å². The third-order valence-electron chi connectivity index (χ3n) is 8.67. The standard InChI is InChI=1S/C31H31FN8O8S2/c32-20-7-18-21(8-22(20)38-5-3-34-4-6-38)39(17-1-2-17)10-19(26(18)42)30(46)47-11-15-13-49-28-24(27(43)40(28)25(15)29(44)45)37-23(41)9-35-48-12-16-14-50-31(33)36-16/h7-10,14,17,24,28,34H,1-6,11-13H2,(H2,33,36)(H,37,41)(H,44,45)/t24-,28-/m1/s1. The van der Waals surface area contributed by atoms with Gasteiger partial charge in [-0.2, -0.15) is 0 Å². The number of esters is 1. The van der Waals surface area contributed by atoms with Crippen molar-refractivity contribution < 1.29 is 38.2 Å². The number of aromatic nitrogens is 2. The highest BCUT2D eigenvalue weighted by atomic mass is 32.2. The summed E-state index contributed by atoms with van der Waals surface area (Å²) in [5.74, 6) is -4.33. The average Bonchev–Trinajstić information content (AvgIpc) is 3.87. The van der Waals surface area contributed by atoms with Gasteiger partial charge < -0.3 is 40.5 Å². The maximum Gasteiger partial charge on any atom is 0.352 e. The summed E-state index contributed by atoms with van der Waals surface area (Å²) in [7, 11) is 0. The number of oxime groups is 1. The minimum absolute atomic E-state index is 0.0137. The summed E-state index contributed by atoms with van der Waals surface area (Å²) in [6, 6.07) is 1.83. The van der Waals surface area contributed by atoms with Crippen LogP contribution in [0.4, 0.5) is 15.2 Å². The number of hydrogen-bond donors (Lipinski definition) is 4. The van der Waals surface area contributed by atoms with E-state index in [0.29, 0.717) is 48.2 Å². The number of piperazine rings is 1. The number of fused-ring (bicyclic) bond motifs is 2. The molecule has 5 N–H and O–H groups in total. The Kier molecular flexibility index (Phi) is 9.19. The molecule has 0 radical (unpaired) electrons. The highest BCUT2D eigenvalue weighted by Crippen LogP contribution is 2.41. The first-order valence-corrected chi connectivity index (χ1v) is 17.6. The quantitative estimate of drug-likeness (QED) is 0.0943. The number of thioether (sulfide) groups is 1. The van der Waals surface area contributed by atoms with E-state index in [-0.39, 0.29) is 40.6 Å². The molecule has 0 unspecified atom stereocenters. The molecular weight excluding hydrogens is 696 g/mol. The van der Waals surface area contributed by atoms with E-state index in [1.807, 2.05) is 9.47 Å². The van der Waals surface area contributed by atoms with Gasteiger partial charge in [-0.3, -0.25) is 19.3 Å². The normalized spacial score (nSPS) is 20.5. The summed E-state index contributed by atoms with van der Waals surface area (Å²) in [6.45, 7) is 2.12. The van der Waals surface area contributed by atoms with Crippen molar-refractivity contribution in [3.8, 4) is 0 Å². The molecule has 3 fully saturated rings. The summed E-state index contributed by atoms with van der Waals surface area (Å²) in [5, 5.41) is 20.7. The molecule has 4 aliphatic rings. The van der Waals surface area contributed by atoms with Gasteiger partial charge in [0.1, 0.15) is 41.3 Å². The monoisotopic (exact) mass is 726 g/mol. The molecule has 0 spiro atoms. The average molecular weight is 727 g/mol. The lowest BCUT2D eigenvalue weighted by atomic mass is 10.0. The molecule has 19 heteroatoms. The van der Waals surface area contributed by atoms with Crippen molar-refractivity contribution in [1.82, 2.24) is 25.1 Å². The number of thiazole rings is 1. The van der Waals surface area contributed by atoms with E-state index in [9.17, 15) is 29.1 Å². The predicted molar refractivity (Wildman–Crippen MR) is 181 cm³/mol. The molecule has 262 valence electrons. The fourth-order valence-electron chi connectivity index (χ4n) is 6.10. The Labute approximate surface area is 291 Å². The molecule has 3 aliphatic heterocycles. The minimum Gasteiger partial charge on any atom is -0.477 e. The van der Waals surface area contributed by atoms with Gasteiger partial charge >= 0.3 is 11.9 Å². The van der Waals surface area contributed by atoms with Crippen molar-refractivity contribution in [2.75, 3.05) is 49.2 Å². The molecule has 16 nitrogen and oxygen atoms in total. The smallest absolute Gasteiger partial charge is 0.352 e. The van der Waals surface area contributed by atoms with E-state index < -0.39 is 53.0 Å². The van der Waals surface area contributed by atoms with Crippen LogP contribution in [0.25, 0.3) is 10.9 Å². The van der Waals surface area contributed by atoms with Gasteiger partial charge in [-0.05, 0) is 25.0 Å². The van der Waals surface area contributed by atoms with Crippen LogP contribution in [0.2, 0.25) is 0 Å². The highest BCUT2D eigenvalue weighted by molar-refractivity contribution is 8.00. The number of nitrogens with two attached hydrogens (primary N) is 1. The topological polar surface area (TPSA) is 211 Å². The maximum atomic E-state index is 15.3. The Hall–Kier alpha value is -5.01. The second-order valence-electron chi connectivity index (χ2n) is 12.0. The summed E-state index contributed by atoms with van der Waals surface area (Å²) >= 11 is 2.40. The molecule has 0 bridgehead atoms. The number of benzene rings is 1. The fraction of sp³-hybridized carbons (Fsp3) is 0.387. The van der Waals surface area contributed by atoms with E-state index in [1.165, 1.54) is 29.3 Å².